The molecule has 1 amide bonds. The van der Waals surface area contributed by atoms with Crippen molar-refractivity contribution in [2.75, 3.05) is 18.4 Å². The number of nitrogens with zero attached hydrogens (tertiary/aromatic N) is 3. The van der Waals surface area contributed by atoms with Crippen LogP contribution in [0.3, 0.4) is 0 Å². The van der Waals surface area contributed by atoms with Gasteiger partial charge in [-0.2, -0.15) is 13.2 Å². The summed E-state index contributed by atoms with van der Waals surface area (Å²) in [4.78, 5) is 32.0. The fourth-order valence-corrected chi connectivity index (χ4v) is 4.86. The maximum absolute atomic E-state index is 14.0. The highest BCUT2D eigenvalue weighted by atomic mass is 19.4. The van der Waals surface area contributed by atoms with Gasteiger partial charge in [-0.15, -0.1) is 0 Å². The lowest BCUT2D eigenvalue weighted by atomic mass is 10.0. The number of benzene rings is 2. The van der Waals surface area contributed by atoms with E-state index in [0.717, 1.165) is 6.07 Å². The molecule has 0 spiro atoms. The van der Waals surface area contributed by atoms with Crippen LogP contribution < -0.4 is 10.9 Å². The van der Waals surface area contributed by atoms with E-state index in [1.807, 2.05) is 13.8 Å². The van der Waals surface area contributed by atoms with Crippen LogP contribution in [0.1, 0.15) is 55.0 Å². The normalized spacial score (nSPS) is 18.4. The molecule has 1 aliphatic rings. The molecule has 1 saturated heterocycles. The quantitative estimate of drug-likeness (QED) is 0.477. The number of amides is 1. The summed E-state index contributed by atoms with van der Waals surface area (Å²) in [6.07, 6.45) is -4.80. The van der Waals surface area contributed by atoms with Crippen LogP contribution in [0.25, 0.3) is 10.9 Å². The number of halogens is 3. The third-order valence-corrected chi connectivity index (χ3v) is 6.54. The predicted octanol–water partition coefficient (Wildman–Crippen LogP) is 4.36. The van der Waals surface area contributed by atoms with E-state index in [1.165, 1.54) is 31.4 Å². The lowest BCUT2D eigenvalue weighted by Gasteiger charge is -2.35. The number of ether oxygens (including phenoxy) is 1. The summed E-state index contributed by atoms with van der Waals surface area (Å²) >= 11 is 0. The van der Waals surface area contributed by atoms with E-state index in [9.17, 15) is 27.9 Å². The number of fused-ring (bicyclic) bond motifs is 1. The fourth-order valence-electron chi connectivity index (χ4n) is 4.86. The Labute approximate surface area is 224 Å². The lowest BCUT2D eigenvalue weighted by molar-refractivity contribution is -0.138. The van der Waals surface area contributed by atoms with Gasteiger partial charge in [-0.3, -0.25) is 14.2 Å². The van der Waals surface area contributed by atoms with Crippen LogP contribution in [-0.4, -0.2) is 56.4 Å². The molecular formula is C28H33F3N4O4. The molecular weight excluding hydrogens is 513 g/mol. The van der Waals surface area contributed by atoms with Gasteiger partial charge in [0, 0.05) is 30.9 Å². The Balaban J connectivity index is 1.60. The number of hydrogen-bond acceptors (Lipinski definition) is 6. The summed E-state index contributed by atoms with van der Waals surface area (Å²) in [6.45, 7) is 9.10. The molecule has 0 aliphatic carbocycles. The van der Waals surface area contributed by atoms with Crippen molar-refractivity contribution in [2.24, 2.45) is 0 Å². The SMILES string of the molecule is Cc1nc2cc(C(F)(F)F)c(CNc3ccc(C(=O)N4CC(C)OC(C)C4)cc3)cc2c(=O)n1CC(C)(C)O. The first-order valence-electron chi connectivity index (χ1n) is 12.7. The minimum absolute atomic E-state index is 0.0320. The van der Waals surface area contributed by atoms with E-state index < -0.39 is 22.9 Å². The van der Waals surface area contributed by atoms with Crippen LogP contribution in [0, 0.1) is 6.92 Å². The highest BCUT2D eigenvalue weighted by Crippen LogP contribution is 2.34. The second-order valence-corrected chi connectivity index (χ2v) is 10.8. The third-order valence-electron chi connectivity index (χ3n) is 6.54. The third kappa shape index (κ3) is 6.59. The molecule has 2 N–H and O–H groups in total. The summed E-state index contributed by atoms with van der Waals surface area (Å²) < 4.78 is 48.8. The highest BCUT2D eigenvalue weighted by Gasteiger charge is 2.34. The zero-order valence-corrected chi connectivity index (χ0v) is 22.6. The number of aromatic nitrogens is 2. The second kappa shape index (κ2) is 10.6. The van der Waals surface area contributed by atoms with E-state index in [1.54, 1.807) is 29.2 Å². The Kier molecular flexibility index (Phi) is 7.77. The molecule has 0 saturated carbocycles. The van der Waals surface area contributed by atoms with Gasteiger partial charge in [0.1, 0.15) is 5.82 Å². The molecule has 8 nitrogen and oxygen atoms in total. The lowest BCUT2D eigenvalue weighted by Crippen LogP contribution is -2.48. The Morgan fingerprint density at radius 2 is 1.74 bits per heavy atom. The molecule has 0 radical (unpaired) electrons. The van der Waals surface area contributed by atoms with Gasteiger partial charge in [0.05, 0.1) is 40.8 Å². The monoisotopic (exact) mass is 546 g/mol. The number of rotatable bonds is 6. The Morgan fingerprint density at radius 3 is 2.31 bits per heavy atom. The maximum Gasteiger partial charge on any atom is 0.416 e. The average Bonchev–Trinajstić information content (AvgIpc) is 2.83. The number of carbonyl (C=O) groups excluding carboxylic acids is 1. The summed E-state index contributed by atoms with van der Waals surface area (Å²) in [5, 5.41) is 13.2. The molecule has 1 aliphatic heterocycles. The molecule has 2 heterocycles. The molecule has 39 heavy (non-hydrogen) atoms. The number of alkyl halides is 3. The first-order valence-corrected chi connectivity index (χ1v) is 12.7. The van der Waals surface area contributed by atoms with Crippen LogP contribution in [0.5, 0.6) is 0 Å². The fraction of sp³-hybridized carbons (Fsp3) is 0.464. The Hall–Kier alpha value is -3.44. The van der Waals surface area contributed by atoms with Gasteiger partial charge >= 0.3 is 6.18 Å². The molecule has 2 unspecified atom stereocenters. The molecule has 1 aromatic heterocycles. The molecule has 210 valence electrons. The largest absolute Gasteiger partial charge is 0.416 e. The van der Waals surface area contributed by atoms with Gasteiger partial charge in [-0.25, -0.2) is 4.98 Å². The summed E-state index contributed by atoms with van der Waals surface area (Å²) in [5.41, 5.74) is -1.83. The van der Waals surface area contributed by atoms with Crippen molar-refractivity contribution in [3.63, 3.8) is 0 Å². The van der Waals surface area contributed by atoms with E-state index in [0.29, 0.717) is 24.3 Å². The number of nitrogens with one attached hydrogen (secondary N) is 1. The smallest absolute Gasteiger partial charge is 0.389 e. The number of aryl methyl sites for hydroxylation is 1. The van der Waals surface area contributed by atoms with Crippen molar-refractivity contribution in [2.45, 2.75) is 71.7 Å². The van der Waals surface area contributed by atoms with Gasteiger partial charge in [-0.1, -0.05) is 0 Å². The molecule has 2 aromatic carbocycles. The number of hydrogen-bond donors (Lipinski definition) is 2. The molecule has 4 rings (SSSR count). The highest BCUT2D eigenvalue weighted by molar-refractivity contribution is 5.94. The van der Waals surface area contributed by atoms with Crippen molar-refractivity contribution in [1.29, 1.82) is 0 Å². The number of aliphatic hydroxyl groups is 1. The maximum atomic E-state index is 14.0. The van der Waals surface area contributed by atoms with E-state index in [-0.39, 0.29) is 53.5 Å². The van der Waals surface area contributed by atoms with E-state index in [2.05, 4.69) is 10.3 Å². The van der Waals surface area contributed by atoms with Gasteiger partial charge in [0.25, 0.3) is 11.5 Å². The van der Waals surface area contributed by atoms with Crippen LogP contribution in [0.15, 0.2) is 41.2 Å². The minimum atomic E-state index is -4.66. The summed E-state index contributed by atoms with van der Waals surface area (Å²) in [6, 6.07) is 8.62. The molecule has 2 atom stereocenters. The van der Waals surface area contributed by atoms with Gasteiger partial charge < -0.3 is 20.1 Å². The van der Waals surface area contributed by atoms with Crippen LogP contribution >= 0.6 is 0 Å². The molecule has 0 bridgehead atoms. The zero-order valence-electron chi connectivity index (χ0n) is 22.6. The summed E-state index contributed by atoms with van der Waals surface area (Å²) in [5.74, 6) is 0.0758. The van der Waals surface area contributed by atoms with Crippen LogP contribution in [-0.2, 0) is 24.0 Å². The van der Waals surface area contributed by atoms with E-state index >= 15 is 0 Å². The van der Waals surface area contributed by atoms with Crippen LogP contribution in [0.4, 0.5) is 18.9 Å². The zero-order chi connectivity index (χ0) is 28.7. The number of anilines is 1. The first-order chi connectivity index (χ1) is 18.1. The molecule has 1 fully saturated rings. The number of carbonyl (C=O) groups is 1. The Bertz CT molecular complexity index is 1420. The average molecular weight is 547 g/mol. The van der Waals surface area contributed by atoms with Gasteiger partial charge in [-0.05, 0) is 76.6 Å². The first kappa shape index (κ1) is 28.6. The molecule has 11 heteroatoms. The van der Waals surface area contributed by atoms with Crippen molar-refractivity contribution < 1.29 is 27.8 Å². The second-order valence-electron chi connectivity index (χ2n) is 10.8. The van der Waals surface area contributed by atoms with Gasteiger partial charge in [0.15, 0.2) is 0 Å². The predicted molar refractivity (Wildman–Crippen MR) is 142 cm³/mol. The van der Waals surface area contributed by atoms with Crippen molar-refractivity contribution in [1.82, 2.24) is 14.5 Å². The topological polar surface area (TPSA) is 96.7 Å². The standard InChI is InChI=1S/C28H33F3N4O4/c1-16-13-34(14-17(2)39-16)25(36)19-6-8-21(9-7-19)32-12-20-10-22-24(11-23(20)28(29,30)31)33-18(3)35(26(22)37)15-27(4,5)38/h6-11,16-17,32,38H,12-15H2,1-5H3. The van der Waals surface area contributed by atoms with Crippen LogP contribution in [0.2, 0.25) is 0 Å². The van der Waals surface area contributed by atoms with Crippen molar-refractivity contribution in [3.8, 4) is 0 Å². The van der Waals surface area contributed by atoms with Crippen molar-refractivity contribution >= 4 is 22.5 Å². The Morgan fingerprint density at radius 1 is 1.13 bits per heavy atom. The van der Waals surface area contributed by atoms with Gasteiger partial charge in [0.2, 0.25) is 0 Å². The van der Waals surface area contributed by atoms with E-state index in [4.69, 9.17) is 4.74 Å². The molecule has 3 aromatic rings. The summed E-state index contributed by atoms with van der Waals surface area (Å²) in [7, 11) is 0. The number of morpholine rings is 1. The van der Waals surface area contributed by atoms with Crippen molar-refractivity contribution in [3.05, 3.63) is 69.3 Å². The minimum Gasteiger partial charge on any atom is -0.389 e.